The van der Waals surface area contributed by atoms with E-state index in [1.54, 1.807) is 23.0 Å². The quantitative estimate of drug-likeness (QED) is 0.724. The first-order chi connectivity index (χ1) is 6.08. The lowest BCUT2D eigenvalue weighted by atomic mass is 10.5. The Bertz CT molecular complexity index is 331. The summed E-state index contributed by atoms with van der Waals surface area (Å²) in [5.41, 5.74) is 1.76. The summed E-state index contributed by atoms with van der Waals surface area (Å²) in [4.78, 5) is 5.03. The van der Waals surface area contributed by atoms with Crippen LogP contribution in [0.1, 0.15) is 4.88 Å². The van der Waals surface area contributed by atoms with Gasteiger partial charge in [-0.3, -0.25) is 4.98 Å². The Balaban J connectivity index is 2.16. The van der Waals surface area contributed by atoms with Gasteiger partial charge in [-0.05, 0) is 0 Å². The van der Waals surface area contributed by atoms with Crippen molar-refractivity contribution in [1.82, 2.24) is 10.3 Å². The van der Waals surface area contributed by atoms with E-state index in [0.717, 1.165) is 4.88 Å². The summed E-state index contributed by atoms with van der Waals surface area (Å²) in [5.74, 6) is 0.186. The maximum absolute atomic E-state index is 10.7. The average Bonchev–Trinajstić information content (AvgIpc) is 2.48. The Labute approximate surface area is 81.9 Å². The van der Waals surface area contributed by atoms with Gasteiger partial charge in [0.05, 0.1) is 11.3 Å². The summed E-state index contributed by atoms with van der Waals surface area (Å²) in [7, 11) is -2.84. The first-order valence-corrected chi connectivity index (χ1v) is 6.78. The predicted octanol–water partition coefficient (Wildman–Crippen LogP) is 0.277. The molecular formula is C7H12N2O2S2. The molecule has 0 radical (unpaired) electrons. The topological polar surface area (TPSA) is 59.1 Å². The number of hydrogen-bond donors (Lipinski definition) is 1. The minimum Gasteiger partial charge on any atom is -0.311 e. The Hall–Kier alpha value is -0.460. The molecule has 0 aromatic carbocycles. The van der Waals surface area contributed by atoms with E-state index in [4.69, 9.17) is 0 Å². The van der Waals surface area contributed by atoms with Crippen molar-refractivity contribution in [3.05, 3.63) is 16.6 Å². The van der Waals surface area contributed by atoms with E-state index >= 15 is 0 Å². The van der Waals surface area contributed by atoms with Gasteiger partial charge in [-0.15, -0.1) is 11.3 Å². The molecule has 1 N–H and O–H groups in total. The molecule has 13 heavy (non-hydrogen) atoms. The third-order valence-corrected chi connectivity index (χ3v) is 3.16. The van der Waals surface area contributed by atoms with E-state index in [1.165, 1.54) is 6.26 Å². The molecule has 1 heterocycles. The highest BCUT2D eigenvalue weighted by Crippen LogP contribution is 2.03. The van der Waals surface area contributed by atoms with E-state index in [2.05, 4.69) is 10.3 Å². The molecule has 0 atom stereocenters. The van der Waals surface area contributed by atoms with Gasteiger partial charge in [-0.25, -0.2) is 8.42 Å². The van der Waals surface area contributed by atoms with Crippen LogP contribution in [0.25, 0.3) is 0 Å². The standard InChI is InChI=1S/C7H12N2O2S2/c1-13(10,11)3-2-8-4-7-5-9-6-12-7/h5-6,8H,2-4H2,1H3. The number of sulfone groups is 1. The molecule has 0 spiro atoms. The summed E-state index contributed by atoms with van der Waals surface area (Å²) < 4.78 is 21.5. The molecule has 0 fully saturated rings. The number of nitrogens with zero attached hydrogens (tertiary/aromatic N) is 1. The lowest BCUT2D eigenvalue weighted by molar-refractivity contribution is 0.596. The zero-order valence-electron chi connectivity index (χ0n) is 7.36. The predicted molar refractivity (Wildman–Crippen MR) is 53.5 cm³/mol. The highest BCUT2D eigenvalue weighted by Gasteiger charge is 2.00. The van der Waals surface area contributed by atoms with E-state index in [0.29, 0.717) is 13.1 Å². The highest BCUT2D eigenvalue weighted by atomic mass is 32.2. The number of thiazole rings is 1. The SMILES string of the molecule is CS(=O)(=O)CCNCc1cncs1. The molecule has 0 bridgehead atoms. The van der Waals surface area contributed by atoms with Crippen LogP contribution < -0.4 is 5.32 Å². The Kier molecular flexibility index (Phi) is 3.83. The van der Waals surface area contributed by atoms with Crippen LogP contribution in [0.2, 0.25) is 0 Å². The van der Waals surface area contributed by atoms with Crippen LogP contribution in [0, 0.1) is 0 Å². The molecule has 0 unspecified atom stereocenters. The van der Waals surface area contributed by atoms with E-state index < -0.39 is 9.84 Å². The summed E-state index contributed by atoms with van der Waals surface area (Å²) in [6.45, 7) is 1.19. The second-order valence-electron chi connectivity index (χ2n) is 2.77. The van der Waals surface area contributed by atoms with Crippen molar-refractivity contribution in [2.45, 2.75) is 6.54 Å². The van der Waals surface area contributed by atoms with Gasteiger partial charge in [-0.2, -0.15) is 0 Å². The van der Waals surface area contributed by atoms with Gasteiger partial charge in [0.15, 0.2) is 0 Å². The molecule has 0 amide bonds. The molecule has 0 saturated carbocycles. The number of nitrogens with one attached hydrogen (secondary N) is 1. The lowest BCUT2D eigenvalue weighted by Gasteiger charge is -2.00. The summed E-state index contributed by atoms with van der Waals surface area (Å²) in [6, 6.07) is 0. The van der Waals surface area contributed by atoms with Crippen molar-refractivity contribution < 1.29 is 8.42 Å². The molecule has 1 aromatic heterocycles. The van der Waals surface area contributed by atoms with E-state index in [1.807, 2.05) is 0 Å². The third-order valence-electron chi connectivity index (χ3n) is 1.43. The third kappa shape index (κ3) is 4.97. The fourth-order valence-corrected chi connectivity index (χ4v) is 1.88. The van der Waals surface area contributed by atoms with Crippen molar-refractivity contribution in [2.75, 3.05) is 18.6 Å². The molecule has 0 aliphatic heterocycles. The fraction of sp³-hybridized carbons (Fsp3) is 0.571. The molecular weight excluding hydrogens is 208 g/mol. The maximum atomic E-state index is 10.7. The van der Waals surface area contributed by atoms with Crippen LogP contribution in [0.15, 0.2) is 11.7 Å². The van der Waals surface area contributed by atoms with Crippen LogP contribution in [0.5, 0.6) is 0 Å². The average molecular weight is 220 g/mol. The molecule has 4 nitrogen and oxygen atoms in total. The van der Waals surface area contributed by atoms with Gasteiger partial charge in [-0.1, -0.05) is 0 Å². The van der Waals surface area contributed by atoms with Gasteiger partial charge in [0.25, 0.3) is 0 Å². The molecule has 6 heteroatoms. The smallest absolute Gasteiger partial charge is 0.148 e. The van der Waals surface area contributed by atoms with E-state index in [9.17, 15) is 8.42 Å². The van der Waals surface area contributed by atoms with Crippen molar-refractivity contribution in [1.29, 1.82) is 0 Å². The maximum Gasteiger partial charge on any atom is 0.148 e. The normalized spacial score (nSPS) is 11.8. The molecule has 1 aromatic rings. The van der Waals surface area contributed by atoms with Crippen LogP contribution in [0.4, 0.5) is 0 Å². The van der Waals surface area contributed by atoms with Crippen LogP contribution in [-0.4, -0.2) is 32.0 Å². The second kappa shape index (κ2) is 4.69. The minimum atomic E-state index is -2.84. The number of aromatic nitrogens is 1. The summed E-state index contributed by atoms with van der Waals surface area (Å²) >= 11 is 1.56. The largest absolute Gasteiger partial charge is 0.311 e. The zero-order valence-corrected chi connectivity index (χ0v) is 8.99. The first-order valence-electron chi connectivity index (χ1n) is 3.84. The lowest BCUT2D eigenvalue weighted by Crippen LogP contribution is -2.21. The minimum absolute atomic E-state index is 0.186. The van der Waals surface area contributed by atoms with Crippen molar-refractivity contribution in [3.8, 4) is 0 Å². The van der Waals surface area contributed by atoms with Gasteiger partial charge in [0.1, 0.15) is 9.84 Å². The van der Waals surface area contributed by atoms with Gasteiger partial charge in [0.2, 0.25) is 0 Å². The molecule has 0 saturated heterocycles. The number of hydrogen-bond acceptors (Lipinski definition) is 5. The van der Waals surface area contributed by atoms with Crippen molar-refractivity contribution in [3.63, 3.8) is 0 Å². The van der Waals surface area contributed by atoms with Crippen LogP contribution in [-0.2, 0) is 16.4 Å². The fourth-order valence-electron chi connectivity index (χ4n) is 0.799. The van der Waals surface area contributed by atoms with Gasteiger partial charge < -0.3 is 5.32 Å². The van der Waals surface area contributed by atoms with Crippen molar-refractivity contribution in [2.24, 2.45) is 0 Å². The molecule has 1 rings (SSSR count). The van der Waals surface area contributed by atoms with Crippen LogP contribution >= 0.6 is 11.3 Å². The Morgan fingerprint density at radius 3 is 2.92 bits per heavy atom. The Morgan fingerprint density at radius 1 is 1.62 bits per heavy atom. The molecule has 0 aliphatic carbocycles. The molecule has 74 valence electrons. The summed E-state index contributed by atoms with van der Waals surface area (Å²) in [5, 5.41) is 3.04. The second-order valence-corrected chi connectivity index (χ2v) is 6.01. The Morgan fingerprint density at radius 2 is 2.38 bits per heavy atom. The molecule has 0 aliphatic rings. The highest BCUT2D eigenvalue weighted by molar-refractivity contribution is 7.90. The van der Waals surface area contributed by atoms with E-state index in [-0.39, 0.29) is 5.75 Å². The number of rotatable bonds is 5. The van der Waals surface area contributed by atoms with Gasteiger partial charge >= 0.3 is 0 Å². The van der Waals surface area contributed by atoms with Gasteiger partial charge in [0, 0.05) is 30.4 Å². The monoisotopic (exact) mass is 220 g/mol. The van der Waals surface area contributed by atoms with Crippen molar-refractivity contribution >= 4 is 21.2 Å². The van der Waals surface area contributed by atoms with Crippen LogP contribution in [0.3, 0.4) is 0 Å². The summed E-state index contributed by atoms with van der Waals surface area (Å²) in [6.07, 6.45) is 3.01. The zero-order chi connectivity index (χ0) is 9.73. The first kappa shape index (κ1) is 10.6.